The minimum Gasteiger partial charge on any atom is -0.0885 e. The van der Waals surface area contributed by atoms with Crippen LogP contribution < -0.4 is 0 Å². The number of hydrogen-bond acceptors (Lipinski definition) is 0. The predicted molar refractivity (Wildman–Crippen MR) is 150 cm³/mol. The third-order valence-corrected chi connectivity index (χ3v) is 7.12. The first-order chi connectivity index (χ1) is 15.9. The van der Waals surface area contributed by atoms with Crippen LogP contribution in [0.15, 0.2) is 12.2 Å². The van der Waals surface area contributed by atoms with E-state index < -0.39 is 0 Å². The molecule has 0 aromatic carbocycles. The number of unbranched alkanes of at least 4 members (excludes halogenated alkanes) is 26. The molecule has 0 fully saturated rings. The molecule has 0 saturated carbocycles. The Hall–Kier alpha value is -0.260. The van der Waals surface area contributed by atoms with E-state index >= 15 is 0 Å². The Morgan fingerprint density at radius 1 is 0.250 bits per heavy atom. The number of hydrogen-bond donors (Lipinski definition) is 0. The Morgan fingerprint density at radius 3 is 0.688 bits per heavy atom. The van der Waals surface area contributed by atoms with Crippen molar-refractivity contribution in [2.24, 2.45) is 0 Å². The van der Waals surface area contributed by atoms with Gasteiger partial charge in [0.1, 0.15) is 0 Å². The van der Waals surface area contributed by atoms with E-state index in [1.165, 1.54) is 180 Å². The second kappa shape index (κ2) is 30.7. The first-order valence-electron chi connectivity index (χ1n) is 15.6. The van der Waals surface area contributed by atoms with Crippen LogP contribution in [0.3, 0.4) is 0 Å². The molecule has 0 nitrogen and oxygen atoms in total. The molecule has 0 unspecified atom stereocenters. The van der Waals surface area contributed by atoms with Crippen LogP contribution >= 0.6 is 0 Å². The highest BCUT2D eigenvalue weighted by molar-refractivity contribution is 4.81. The highest BCUT2D eigenvalue weighted by Gasteiger charge is 1.95. The maximum absolute atomic E-state index is 2.43. The molecule has 0 atom stereocenters. The lowest BCUT2D eigenvalue weighted by molar-refractivity contribution is 0.519. The first-order valence-corrected chi connectivity index (χ1v) is 15.6. The van der Waals surface area contributed by atoms with Crippen LogP contribution in [0.4, 0.5) is 0 Å². The summed E-state index contributed by atoms with van der Waals surface area (Å²) in [5.41, 5.74) is 0. The lowest BCUT2D eigenvalue weighted by atomic mass is 10.0. The normalized spacial score (nSPS) is 11.7. The van der Waals surface area contributed by atoms with Gasteiger partial charge in [0.15, 0.2) is 0 Å². The SMILES string of the molecule is CCCCCCC=CCCCCCCCCCCCCCCCCCCCCCCCC. The average molecular weight is 449 g/mol. The van der Waals surface area contributed by atoms with Crippen molar-refractivity contribution in [3.05, 3.63) is 12.2 Å². The molecule has 0 bridgehead atoms. The maximum Gasteiger partial charge on any atom is -0.0351 e. The van der Waals surface area contributed by atoms with E-state index in [1.807, 2.05) is 0 Å². The summed E-state index contributed by atoms with van der Waals surface area (Å²) in [6.07, 6.45) is 45.4. The highest BCUT2D eigenvalue weighted by atomic mass is 14.0. The van der Waals surface area contributed by atoms with Gasteiger partial charge in [0, 0.05) is 0 Å². The standard InChI is InChI=1S/C32H64/c1-3-5-7-9-11-13-15-17-19-21-23-25-27-29-31-32-30-28-26-24-22-20-18-16-14-12-10-8-6-4-2/h13,15H,3-12,14,16-32H2,1-2H3. The van der Waals surface area contributed by atoms with Crippen LogP contribution in [0.25, 0.3) is 0 Å². The Morgan fingerprint density at radius 2 is 0.438 bits per heavy atom. The third-order valence-electron chi connectivity index (χ3n) is 7.12. The van der Waals surface area contributed by atoms with Crippen LogP contribution in [0, 0.1) is 0 Å². The average Bonchev–Trinajstić information content (AvgIpc) is 2.81. The van der Waals surface area contributed by atoms with Crippen LogP contribution in [-0.2, 0) is 0 Å². The lowest BCUT2D eigenvalue weighted by Gasteiger charge is -2.04. The van der Waals surface area contributed by atoms with Crippen LogP contribution in [-0.4, -0.2) is 0 Å². The molecule has 0 radical (unpaired) electrons. The molecule has 0 N–H and O–H groups in total. The number of rotatable bonds is 28. The molecule has 0 aliphatic carbocycles. The smallest absolute Gasteiger partial charge is 0.0351 e. The van der Waals surface area contributed by atoms with E-state index in [0.717, 1.165) is 0 Å². The van der Waals surface area contributed by atoms with E-state index in [9.17, 15) is 0 Å². The molecule has 0 aromatic heterocycles. The monoisotopic (exact) mass is 449 g/mol. The van der Waals surface area contributed by atoms with E-state index in [-0.39, 0.29) is 0 Å². The Kier molecular flexibility index (Phi) is 30.5. The molecule has 0 rings (SSSR count). The molecule has 192 valence electrons. The fraction of sp³-hybridized carbons (Fsp3) is 0.938. The van der Waals surface area contributed by atoms with E-state index in [1.54, 1.807) is 0 Å². The van der Waals surface area contributed by atoms with Crippen molar-refractivity contribution in [3.8, 4) is 0 Å². The van der Waals surface area contributed by atoms with Gasteiger partial charge in [-0.05, 0) is 25.7 Å². The quantitative estimate of drug-likeness (QED) is 0.0824. The minimum atomic E-state index is 1.30. The van der Waals surface area contributed by atoms with Crippen LogP contribution in [0.2, 0.25) is 0 Å². The Labute approximate surface area is 205 Å². The molecular formula is C32H64. The van der Waals surface area contributed by atoms with E-state index in [4.69, 9.17) is 0 Å². The summed E-state index contributed by atoms with van der Waals surface area (Å²) < 4.78 is 0. The van der Waals surface area contributed by atoms with Crippen molar-refractivity contribution in [1.82, 2.24) is 0 Å². The van der Waals surface area contributed by atoms with Gasteiger partial charge in [-0.15, -0.1) is 0 Å². The molecule has 0 aliphatic rings. The molecule has 0 heterocycles. The van der Waals surface area contributed by atoms with Gasteiger partial charge in [-0.25, -0.2) is 0 Å². The molecule has 0 heteroatoms. The fourth-order valence-electron chi connectivity index (χ4n) is 4.80. The number of allylic oxidation sites excluding steroid dienone is 2. The minimum absolute atomic E-state index is 1.30. The van der Waals surface area contributed by atoms with Gasteiger partial charge in [-0.1, -0.05) is 180 Å². The summed E-state index contributed by atoms with van der Waals surface area (Å²) in [7, 11) is 0. The first kappa shape index (κ1) is 31.7. The van der Waals surface area contributed by atoms with Gasteiger partial charge in [-0.2, -0.15) is 0 Å². The zero-order valence-corrected chi connectivity index (χ0v) is 23.0. The van der Waals surface area contributed by atoms with Crippen molar-refractivity contribution >= 4 is 0 Å². The zero-order chi connectivity index (χ0) is 23.2. The highest BCUT2D eigenvalue weighted by Crippen LogP contribution is 2.15. The second-order valence-corrected chi connectivity index (χ2v) is 10.5. The summed E-state index contributed by atoms with van der Waals surface area (Å²) in [6, 6.07) is 0. The molecule has 0 saturated heterocycles. The third kappa shape index (κ3) is 29.7. The summed E-state index contributed by atoms with van der Waals surface area (Å²) in [5.74, 6) is 0. The molecule has 0 amide bonds. The van der Waals surface area contributed by atoms with Gasteiger partial charge in [-0.3, -0.25) is 0 Å². The fourth-order valence-corrected chi connectivity index (χ4v) is 4.80. The Balaban J connectivity index is 3.03. The van der Waals surface area contributed by atoms with Gasteiger partial charge in [0.05, 0.1) is 0 Å². The zero-order valence-electron chi connectivity index (χ0n) is 23.0. The molecule has 0 spiro atoms. The van der Waals surface area contributed by atoms with E-state index in [0.29, 0.717) is 0 Å². The van der Waals surface area contributed by atoms with Crippen molar-refractivity contribution in [2.45, 2.75) is 194 Å². The molecule has 0 aliphatic heterocycles. The van der Waals surface area contributed by atoms with Crippen molar-refractivity contribution < 1.29 is 0 Å². The Bertz CT molecular complexity index is 329. The maximum atomic E-state index is 2.43. The molecule has 32 heavy (non-hydrogen) atoms. The van der Waals surface area contributed by atoms with Crippen molar-refractivity contribution in [1.29, 1.82) is 0 Å². The lowest BCUT2D eigenvalue weighted by Crippen LogP contribution is -1.84. The summed E-state index contributed by atoms with van der Waals surface area (Å²) in [4.78, 5) is 0. The van der Waals surface area contributed by atoms with Gasteiger partial charge >= 0.3 is 0 Å². The van der Waals surface area contributed by atoms with Gasteiger partial charge in [0.2, 0.25) is 0 Å². The topological polar surface area (TPSA) is 0 Å². The van der Waals surface area contributed by atoms with Crippen molar-refractivity contribution in [3.63, 3.8) is 0 Å². The van der Waals surface area contributed by atoms with Crippen LogP contribution in [0.5, 0.6) is 0 Å². The largest absolute Gasteiger partial charge is 0.0885 e. The van der Waals surface area contributed by atoms with Gasteiger partial charge < -0.3 is 0 Å². The molecule has 0 aromatic rings. The van der Waals surface area contributed by atoms with Gasteiger partial charge in [0.25, 0.3) is 0 Å². The summed E-state index contributed by atoms with van der Waals surface area (Å²) >= 11 is 0. The van der Waals surface area contributed by atoms with E-state index in [2.05, 4.69) is 26.0 Å². The summed E-state index contributed by atoms with van der Waals surface area (Å²) in [5, 5.41) is 0. The predicted octanol–water partition coefficient (Wildman–Crippen LogP) is 12.5. The van der Waals surface area contributed by atoms with Crippen molar-refractivity contribution in [2.75, 3.05) is 0 Å². The summed E-state index contributed by atoms with van der Waals surface area (Å²) in [6.45, 7) is 4.59. The second-order valence-electron chi connectivity index (χ2n) is 10.5. The van der Waals surface area contributed by atoms with Crippen LogP contribution in [0.1, 0.15) is 194 Å². The molecular weight excluding hydrogens is 384 g/mol.